The highest BCUT2D eigenvalue weighted by Crippen LogP contribution is 2.17. The lowest BCUT2D eigenvalue weighted by atomic mass is 10.0. The highest BCUT2D eigenvalue weighted by atomic mass is 16.5. The van der Waals surface area contributed by atoms with E-state index in [9.17, 15) is 9.59 Å². The van der Waals surface area contributed by atoms with Gasteiger partial charge in [0.25, 0.3) is 0 Å². The van der Waals surface area contributed by atoms with Crippen LogP contribution in [-0.2, 0) is 14.3 Å². The van der Waals surface area contributed by atoms with E-state index in [1.807, 2.05) is 18.7 Å². The molecule has 0 radical (unpaired) electrons. The Labute approximate surface area is 115 Å². The van der Waals surface area contributed by atoms with E-state index in [4.69, 9.17) is 4.74 Å². The van der Waals surface area contributed by atoms with Crippen LogP contribution in [0.3, 0.4) is 0 Å². The SMILES string of the molecule is CCOC(=O)C1CCCCN1CC(=O)NC(C)CC. The van der Waals surface area contributed by atoms with Crippen LogP contribution in [-0.4, -0.2) is 48.6 Å². The molecular weight excluding hydrogens is 244 g/mol. The van der Waals surface area contributed by atoms with Gasteiger partial charge in [-0.3, -0.25) is 14.5 Å². The van der Waals surface area contributed by atoms with Gasteiger partial charge in [0.2, 0.25) is 5.91 Å². The van der Waals surface area contributed by atoms with Crippen LogP contribution in [0.4, 0.5) is 0 Å². The molecule has 2 atom stereocenters. The van der Waals surface area contributed by atoms with E-state index < -0.39 is 0 Å². The molecule has 0 spiro atoms. The summed E-state index contributed by atoms with van der Waals surface area (Å²) in [5.74, 6) is -0.205. The van der Waals surface area contributed by atoms with Crippen LogP contribution in [0.5, 0.6) is 0 Å². The molecular formula is C14H26N2O3. The topological polar surface area (TPSA) is 58.6 Å². The van der Waals surface area contributed by atoms with Gasteiger partial charge in [-0.2, -0.15) is 0 Å². The molecule has 1 rings (SSSR count). The second-order valence-electron chi connectivity index (χ2n) is 5.11. The van der Waals surface area contributed by atoms with Gasteiger partial charge in [0.05, 0.1) is 13.2 Å². The number of piperidine rings is 1. The number of esters is 1. The molecule has 0 aromatic rings. The number of nitrogens with zero attached hydrogens (tertiary/aromatic N) is 1. The van der Waals surface area contributed by atoms with Crippen LogP contribution >= 0.6 is 0 Å². The van der Waals surface area contributed by atoms with Crippen molar-refractivity contribution in [1.82, 2.24) is 10.2 Å². The Morgan fingerprint density at radius 3 is 2.74 bits per heavy atom. The second kappa shape index (κ2) is 8.15. The zero-order valence-corrected chi connectivity index (χ0v) is 12.3. The number of nitrogens with one attached hydrogen (secondary N) is 1. The van der Waals surface area contributed by atoms with Crippen molar-refractivity contribution in [2.75, 3.05) is 19.7 Å². The second-order valence-corrected chi connectivity index (χ2v) is 5.11. The van der Waals surface area contributed by atoms with Gasteiger partial charge in [0.1, 0.15) is 6.04 Å². The maximum absolute atomic E-state index is 11.9. The summed E-state index contributed by atoms with van der Waals surface area (Å²) in [6, 6.07) is -0.0743. The van der Waals surface area contributed by atoms with Gasteiger partial charge in [-0.25, -0.2) is 0 Å². The van der Waals surface area contributed by atoms with E-state index in [-0.39, 0.29) is 30.5 Å². The fraction of sp³-hybridized carbons (Fsp3) is 0.857. The lowest BCUT2D eigenvalue weighted by molar-refractivity contribution is -0.151. The molecule has 0 aromatic carbocycles. The molecule has 1 fully saturated rings. The molecule has 1 saturated heterocycles. The Balaban J connectivity index is 2.52. The first-order valence-electron chi connectivity index (χ1n) is 7.28. The summed E-state index contributed by atoms with van der Waals surface area (Å²) in [6.45, 7) is 7.29. The first-order valence-corrected chi connectivity index (χ1v) is 7.28. The van der Waals surface area contributed by atoms with Crippen LogP contribution in [0, 0.1) is 0 Å². The molecule has 0 aliphatic carbocycles. The smallest absolute Gasteiger partial charge is 0.323 e. The van der Waals surface area contributed by atoms with Crippen molar-refractivity contribution in [1.29, 1.82) is 0 Å². The summed E-state index contributed by atoms with van der Waals surface area (Å²) in [7, 11) is 0. The minimum absolute atomic E-state index is 0.00875. The lowest BCUT2D eigenvalue weighted by Crippen LogP contribution is -2.50. The maximum Gasteiger partial charge on any atom is 0.323 e. The Hall–Kier alpha value is -1.10. The predicted octanol–water partition coefficient (Wildman–Crippen LogP) is 1.32. The van der Waals surface area contributed by atoms with Gasteiger partial charge in [-0.05, 0) is 39.7 Å². The first-order chi connectivity index (χ1) is 9.08. The van der Waals surface area contributed by atoms with E-state index in [1.165, 1.54) is 0 Å². The average molecular weight is 270 g/mol. The zero-order chi connectivity index (χ0) is 14.3. The van der Waals surface area contributed by atoms with E-state index in [1.54, 1.807) is 6.92 Å². The van der Waals surface area contributed by atoms with E-state index >= 15 is 0 Å². The molecule has 1 heterocycles. The molecule has 0 bridgehead atoms. The van der Waals surface area contributed by atoms with Crippen LogP contribution in [0.25, 0.3) is 0 Å². The number of likely N-dealkylation sites (tertiary alicyclic amines) is 1. The van der Waals surface area contributed by atoms with Crippen LogP contribution in [0.2, 0.25) is 0 Å². The Morgan fingerprint density at radius 1 is 1.37 bits per heavy atom. The summed E-state index contributed by atoms with van der Waals surface area (Å²) in [6.07, 6.45) is 3.75. The maximum atomic E-state index is 11.9. The Morgan fingerprint density at radius 2 is 2.11 bits per heavy atom. The van der Waals surface area contributed by atoms with Gasteiger partial charge in [-0.1, -0.05) is 13.3 Å². The largest absolute Gasteiger partial charge is 0.465 e. The van der Waals surface area contributed by atoms with Crippen LogP contribution < -0.4 is 5.32 Å². The van der Waals surface area contributed by atoms with Crippen molar-refractivity contribution in [2.24, 2.45) is 0 Å². The van der Waals surface area contributed by atoms with Crippen molar-refractivity contribution in [2.45, 2.75) is 58.5 Å². The number of hydrogen-bond acceptors (Lipinski definition) is 4. The molecule has 1 aliphatic heterocycles. The summed E-state index contributed by atoms with van der Waals surface area (Å²) >= 11 is 0. The first kappa shape index (κ1) is 16.0. The van der Waals surface area contributed by atoms with Crippen molar-refractivity contribution < 1.29 is 14.3 Å². The minimum atomic E-state index is -0.253. The van der Waals surface area contributed by atoms with E-state index in [0.717, 1.165) is 32.2 Å². The van der Waals surface area contributed by atoms with Gasteiger partial charge in [0, 0.05) is 6.04 Å². The van der Waals surface area contributed by atoms with Gasteiger partial charge in [-0.15, -0.1) is 0 Å². The fourth-order valence-corrected chi connectivity index (χ4v) is 2.29. The quantitative estimate of drug-likeness (QED) is 0.740. The summed E-state index contributed by atoms with van der Waals surface area (Å²) in [5, 5.41) is 2.94. The molecule has 1 N–H and O–H groups in total. The number of hydrogen-bond donors (Lipinski definition) is 1. The minimum Gasteiger partial charge on any atom is -0.465 e. The molecule has 19 heavy (non-hydrogen) atoms. The third kappa shape index (κ3) is 5.19. The summed E-state index contributed by atoms with van der Waals surface area (Å²) in [4.78, 5) is 25.7. The van der Waals surface area contributed by atoms with Crippen molar-refractivity contribution >= 4 is 11.9 Å². The monoisotopic (exact) mass is 270 g/mol. The zero-order valence-electron chi connectivity index (χ0n) is 12.3. The molecule has 1 aliphatic rings. The highest BCUT2D eigenvalue weighted by molar-refractivity contribution is 5.80. The Kier molecular flexibility index (Phi) is 6.84. The average Bonchev–Trinajstić information content (AvgIpc) is 2.39. The van der Waals surface area contributed by atoms with E-state index in [2.05, 4.69) is 5.32 Å². The van der Waals surface area contributed by atoms with Crippen molar-refractivity contribution in [3.05, 3.63) is 0 Å². The lowest BCUT2D eigenvalue weighted by Gasteiger charge is -2.33. The normalized spacial score (nSPS) is 21.7. The number of carbonyl (C=O) groups is 2. The third-order valence-corrected chi connectivity index (χ3v) is 3.54. The molecule has 110 valence electrons. The molecule has 0 saturated carbocycles. The molecule has 5 heteroatoms. The van der Waals surface area contributed by atoms with Gasteiger partial charge in [0.15, 0.2) is 0 Å². The van der Waals surface area contributed by atoms with E-state index in [0.29, 0.717) is 6.61 Å². The molecule has 2 unspecified atom stereocenters. The highest BCUT2D eigenvalue weighted by Gasteiger charge is 2.30. The molecule has 1 amide bonds. The van der Waals surface area contributed by atoms with Gasteiger partial charge >= 0.3 is 5.97 Å². The number of ether oxygens (including phenoxy) is 1. The Bertz CT molecular complexity index is 307. The fourth-order valence-electron chi connectivity index (χ4n) is 2.29. The van der Waals surface area contributed by atoms with Crippen LogP contribution in [0.1, 0.15) is 46.5 Å². The number of amides is 1. The van der Waals surface area contributed by atoms with Gasteiger partial charge < -0.3 is 10.1 Å². The molecule has 5 nitrogen and oxygen atoms in total. The van der Waals surface area contributed by atoms with Crippen molar-refractivity contribution in [3.63, 3.8) is 0 Å². The molecule has 0 aromatic heterocycles. The van der Waals surface area contributed by atoms with Crippen molar-refractivity contribution in [3.8, 4) is 0 Å². The number of carbonyl (C=O) groups excluding carboxylic acids is 2. The standard InChI is InChI=1S/C14H26N2O3/c1-4-11(3)15-13(17)10-16-9-7-6-8-12(16)14(18)19-5-2/h11-12H,4-10H2,1-3H3,(H,15,17). The summed E-state index contributed by atoms with van der Waals surface area (Å²) < 4.78 is 5.08. The number of rotatable bonds is 6. The van der Waals surface area contributed by atoms with Crippen LogP contribution in [0.15, 0.2) is 0 Å². The third-order valence-electron chi connectivity index (χ3n) is 3.54. The summed E-state index contributed by atoms with van der Waals surface area (Å²) in [5.41, 5.74) is 0. The predicted molar refractivity (Wildman–Crippen MR) is 73.7 cm³/mol.